The molecule has 1 heterocycles. The van der Waals surface area contributed by atoms with Crippen LogP contribution < -0.4 is 9.14 Å². The number of nitrogens with one attached hydrogen (secondary N) is 1. The van der Waals surface area contributed by atoms with Crippen molar-refractivity contribution in [1.29, 1.82) is 0 Å². The van der Waals surface area contributed by atoms with Crippen LogP contribution in [0.1, 0.15) is 19.8 Å². The van der Waals surface area contributed by atoms with E-state index in [1.165, 1.54) is 0 Å². The number of hydrogen-bond donors (Lipinski definition) is 1. The van der Waals surface area contributed by atoms with Gasteiger partial charge in [0, 0.05) is 18.7 Å². The van der Waals surface area contributed by atoms with Crippen molar-refractivity contribution in [2.45, 2.75) is 19.8 Å². The molecule has 0 bridgehead atoms. The first kappa shape index (κ1) is 19.6. The Bertz CT molecular complexity index is 347. The number of H-pyrrole nitrogens is 1. The summed E-state index contributed by atoms with van der Waals surface area (Å²) in [6.45, 7) is 2.35. The number of halogens is 1. The van der Waals surface area contributed by atoms with Crippen molar-refractivity contribution in [2.24, 2.45) is 0 Å². The largest absolute Gasteiger partial charge is 0.218 e. The summed E-state index contributed by atoms with van der Waals surface area (Å²) in [6.07, 6.45) is 9.66. The smallest absolute Gasteiger partial charge is 0.166 e. The van der Waals surface area contributed by atoms with Crippen LogP contribution in [0, 0.1) is 0 Å². The summed E-state index contributed by atoms with van der Waals surface area (Å²) in [5.41, 5.74) is 0. The number of pyridine rings is 1. The van der Waals surface area contributed by atoms with Gasteiger partial charge in [-0.25, -0.2) is 4.98 Å². The molecular formula is C11H18ClCrNO4. The van der Waals surface area contributed by atoms with Gasteiger partial charge in [0.1, 0.15) is 0 Å². The van der Waals surface area contributed by atoms with Crippen molar-refractivity contribution in [3.05, 3.63) is 42.7 Å². The molecule has 0 aliphatic heterocycles. The molecule has 0 saturated heterocycles. The van der Waals surface area contributed by atoms with E-state index < -0.39 is 12.4 Å². The van der Waals surface area contributed by atoms with Gasteiger partial charge in [-0.1, -0.05) is 25.1 Å². The molecule has 0 atom stereocenters. The maximum absolute atomic E-state index is 8.91. The maximum Gasteiger partial charge on any atom is 0.166 e. The van der Waals surface area contributed by atoms with Crippen molar-refractivity contribution >= 4 is 10.0 Å². The average Bonchev–Trinajstić information content (AvgIpc) is 2.31. The predicted molar refractivity (Wildman–Crippen MR) is 61.4 cm³/mol. The summed E-state index contributed by atoms with van der Waals surface area (Å²) in [5, 5.41) is 8.24. The van der Waals surface area contributed by atoms with Gasteiger partial charge in [-0.15, -0.1) is 0 Å². The Morgan fingerprint density at radius 3 is 2.00 bits per heavy atom. The number of aliphatic hydroxyl groups is 1. The molecule has 5 nitrogen and oxygen atoms in total. The average molecular weight is 316 g/mol. The molecular weight excluding hydrogens is 298 g/mol. The van der Waals surface area contributed by atoms with Gasteiger partial charge in [0.25, 0.3) is 0 Å². The number of hydrogen-bond acceptors (Lipinski definition) is 4. The van der Waals surface area contributed by atoms with Crippen LogP contribution in [-0.2, 0) is 20.0 Å². The number of aromatic amines is 1. The quantitative estimate of drug-likeness (QED) is 0.845. The van der Waals surface area contributed by atoms with Crippen molar-refractivity contribution in [1.82, 2.24) is 0 Å². The van der Waals surface area contributed by atoms with Crippen molar-refractivity contribution < 1.29 is 34.2 Å². The van der Waals surface area contributed by atoms with Crippen molar-refractivity contribution in [3.8, 4) is 0 Å². The fraction of sp³-hybridized carbons (Fsp3) is 0.364. The Morgan fingerprint density at radius 1 is 1.28 bits per heavy atom. The molecule has 7 heteroatoms. The van der Waals surface area contributed by atoms with E-state index in [0.717, 1.165) is 12.8 Å². The molecule has 1 aromatic rings. The van der Waals surface area contributed by atoms with Gasteiger partial charge in [-0.05, 0) is 12.8 Å². The van der Waals surface area contributed by atoms with Crippen LogP contribution in [0.3, 0.4) is 0 Å². The molecule has 0 radical (unpaired) electrons. The number of aliphatic hydroxyl groups excluding tert-OH is 1. The predicted octanol–water partition coefficient (Wildman–Crippen LogP) is 1.10. The molecule has 0 amide bonds. The van der Waals surface area contributed by atoms with E-state index in [1.54, 1.807) is 0 Å². The van der Waals surface area contributed by atoms with Gasteiger partial charge < -0.3 is 5.11 Å². The second-order valence-corrected chi connectivity index (χ2v) is 5.65. The first-order chi connectivity index (χ1) is 8.41. The molecule has 0 spiro atoms. The minimum Gasteiger partial charge on any atom is -0.218 e. The van der Waals surface area contributed by atoms with Gasteiger partial charge in [0.15, 0.2) is 12.4 Å². The molecule has 1 aromatic heterocycles. The van der Waals surface area contributed by atoms with E-state index in [0.29, 0.717) is 0 Å². The van der Waals surface area contributed by atoms with E-state index in [1.807, 2.05) is 36.7 Å². The topological polar surface area (TPSA) is 91.6 Å². The van der Waals surface area contributed by atoms with E-state index in [4.69, 9.17) is 16.9 Å². The zero-order valence-corrected chi connectivity index (χ0v) is 12.2. The third kappa shape index (κ3) is 36.2. The van der Waals surface area contributed by atoms with Crippen LogP contribution in [0.4, 0.5) is 0 Å². The van der Waals surface area contributed by atoms with Crippen LogP contribution in [0.15, 0.2) is 42.7 Å². The summed E-state index contributed by atoms with van der Waals surface area (Å²) in [4.78, 5) is 2.89. The molecule has 1 rings (SSSR count). The van der Waals surface area contributed by atoms with Gasteiger partial charge in [-0.3, -0.25) is 0 Å². The molecule has 0 aromatic carbocycles. The first-order valence-electron chi connectivity index (χ1n) is 5.24. The molecule has 0 unspecified atom stereocenters. The first-order valence-corrected chi connectivity index (χ1v) is 8.55. The number of aromatic nitrogens is 1. The van der Waals surface area contributed by atoms with Crippen molar-refractivity contribution in [3.63, 3.8) is 0 Å². The normalized spacial score (nSPS) is 10.0. The molecule has 0 fully saturated rings. The Hall–Kier alpha value is -0.768. The Kier molecular flexibility index (Phi) is 15.5. The number of rotatable bonds is 3. The fourth-order valence-corrected chi connectivity index (χ4v) is 0.701. The molecule has 18 heavy (non-hydrogen) atoms. The maximum atomic E-state index is 8.91. The summed E-state index contributed by atoms with van der Waals surface area (Å²) < 4.78 is 26.7. The zero-order chi connectivity index (χ0) is 14.3. The van der Waals surface area contributed by atoms with Crippen LogP contribution in [0.5, 0.6) is 0 Å². The minimum atomic E-state index is -5.03. The summed E-state index contributed by atoms with van der Waals surface area (Å²) in [5.74, 6) is 0. The molecule has 0 aliphatic carbocycles. The van der Waals surface area contributed by atoms with Gasteiger partial charge in [0.2, 0.25) is 0 Å². The Balaban J connectivity index is 0. The van der Waals surface area contributed by atoms with E-state index >= 15 is 0 Å². The van der Waals surface area contributed by atoms with Gasteiger partial charge in [0.05, 0.1) is 0 Å². The molecule has 2 N–H and O–H groups in total. The van der Waals surface area contributed by atoms with Crippen LogP contribution in [0.25, 0.3) is 0 Å². The molecule has 0 aliphatic rings. The summed E-state index contributed by atoms with van der Waals surface area (Å²) in [6, 6.07) is 5.86. The van der Waals surface area contributed by atoms with Gasteiger partial charge in [-0.2, -0.15) is 0 Å². The zero-order valence-electron chi connectivity index (χ0n) is 10.1. The second-order valence-electron chi connectivity index (χ2n) is 2.86. The van der Waals surface area contributed by atoms with Crippen LogP contribution in [-0.4, -0.2) is 11.7 Å². The summed E-state index contributed by atoms with van der Waals surface area (Å²) in [7, 11) is 4.02. The van der Waals surface area contributed by atoms with Crippen LogP contribution in [0.2, 0.25) is 0 Å². The Morgan fingerprint density at radius 2 is 1.78 bits per heavy atom. The third-order valence-electron chi connectivity index (χ3n) is 1.31. The fourth-order valence-electron chi connectivity index (χ4n) is 0.701. The second kappa shape index (κ2) is 14.3. The minimum absolute atomic E-state index is 0.274. The Labute approximate surface area is 113 Å². The SMILES string of the molecule is CC/C=C\CCO.[O]=[Cr](=[O])([O-])[Cl].c1cc[nH+]cc1. The van der Waals surface area contributed by atoms with E-state index in [9.17, 15) is 0 Å². The van der Waals surface area contributed by atoms with E-state index in [2.05, 4.69) is 28.0 Å². The van der Waals surface area contributed by atoms with Crippen molar-refractivity contribution in [2.75, 3.05) is 6.61 Å². The molecule has 104 valence electrons. The summed E-state index contributed by atoms with van der Waals surface area (Å²) >= 11 is -5.03. The van der Waals surface area contributed by atoms with E-state index in [-0.39, 0.29) is 6.61 Å². The molecule has 0 saturated carbocycles. The van der Waals surface area contributed by atoms with Crippen LogP contribution >= 0.6 is 10.0 Å². The van der Waals surface area contributed by atoms with Gasteiger partial charge >= 0.3 is 34.2 Å². The number of allylic oxidation sites excluding steroid dienone is 1. The monoisotopic (exact) mass is 315 g/mol. The third-order valence-corrected chi connectivity index (χ3v) is 1.31. The standard InChI is InChI=1S/C6H12O.C5H5N.ClH.Cr.3O/c1-2-3-4-5-6-7;1-2-4-6-5-3-1;;;;;/h3-4,7H,2,5-6H2,1H3;1-5H;1H;;;;/q;;;+1;;;-1/b4-3-;;;;;;.